The summed E-state index contributed by atoms with van der Waals surface area (Å²) in [6.45, 7) is 4.53. The molecule has 0 aromatic heterocycles. The van der Waals surface area contributed by atoms with Gasteiger partial charge in [-0.3, -0.25) is 0 Å². The average Bonchev–Trinajstić information content (AvgIpc) is 2.35. The molecule has 1 fully saturated rings. The van der Waals surface area contributed by atoms with E-state index >= 15 is 0 Å². The quantitative estimate of drug-likeness (QED) is 0.742. The molecule has 2 atom stereocenters. The van der Waals surface area contributed by atoms with Gasteiger partial charge in [0, 0.05) is 19.1 Å². The SMILES string of the molecule is CCNC(CCSC)CC1CCCN(S(C)(=O)=O)C1. The van der Waals surface area contributed by atoms with Crippen LogP contribution in [0.3, 0.4) is 0 Å². The Morgan fingerprint density at radius 2 is 2.21 bits per heavy atom. The highest BCUT2D eigenvalue weighted by atomic mass is 32.2. The molecule has 4 nitrogen and oxygen atoms in total. The van der Waals surface area contributed by atoms with Gasteiger partial charge in [0.2, 0.25) is 10.0 Å². The fourth-order valence-electron chi connectivity index (χ4n) is 2.77. The zero-order chi connectivity index (χ0) is 14.3. The van der Waals surface area contributed by atoms with Gasteiger partial charge in [-0.25, -0.2) is 12.7 Å². The Labute approximate surface area is 122 Å². The van der Waals surface area contributed by atoms with Crippen molar-refractivity contribution in [2.45, 2.75) is 38.6 Å². The van der Waals surface area contributed by atoms with E-state index in [1.165, 1.54) is 18.4 Å². The molecule has 2 unspecified atom stereocenters. The van der Waals surface area contributed by atoms with E-state index in [1.54, 1.807) is 4.31 Å². The number of rotatable bonds is 8. The Bertz CT molecular complexity index is 347. The first kappa shape index (κ1) is 17.3. The average molecular weight is 309 g/mol. The lowest BCUT2D eigenvalue weighted by Gasteiger charge is -2.33. The van der Waals surface area contributed by atoms with E-state index in [0.717, 1.165) is 25.8 Å². The van der Waals surface area contributed by atoms with Crippen LogP contribution in [-0.2, 0) is 10.0 Å². The van der Waals surface area contributed by atoms with E-state index < -0.39 is 10.0 Å². The van der Waals surface area contributed by atoms with Crippen LogP contribution < -0.4 is 5.32 Å². The smallest absolute Gasteiger partial charge is 0.211 e. The first-order chi connectivity index (χ1) is 8.97. The highest BCUT2D eigenvalue weighted by Crippen LogP contribution is 2.23. The summed E-state index contributed by atoms with van der Waals surface area (Å²) in [5.41, 5.74) is 0. The molecule has 0 aromatic rings. The van der Waals surface area contributed by atoms with Crippen molar-refractivity contribution in [2.24, 2.45) is 5.92 Å². The Kier molecular flexibility index (Phi) is 7.72. The van der Waals surface area contributed by atoms with Gasteiger partial charge in [-0.1, -0.05) is 6.92 Å². The number of thioether (sulfide) groups is 1. The van der Waals surface area contributed by atoms with E-state index in [9.17, 15) is 8.42 Å². The topological polar surface area (TPSA) is 49.4 Å². The van der Waals surface area contributed by atoms with Crippen LogP contribution in [0.2, 0.25) is 0 Å². The van der Waals surface area contributed by atoms with Gasteiger partial charge in [-0.05, 0) is 50.2 Å². The molecular weight excluding hydrogens is 280 g/mol. The van der Waals surface area contributed by atoms with Crippen molar-refractivity contribution in [2.75, 3.05) is 37.9 Å². The second kappa shape index (κ2) is 8.49. The summed E-state index contributed by atoms with van der Waals surface area (Å²) >= 11 is 1.88. The van der Waals surface area contributed by atoms with Crippen LogP contribution in [0.15, 0.2) is 0 Å². The Morgan fingerprint density at radius 1 is 1.47 bits per heavy atom. The van der Waals surface area contributed by atoms with E-state index in [0.29, 0.717) is 25.0 Å². The van der Waals surface area contributed by atoms with Gasteiger partial charge >= 0.3 is 0 Å². The standard InChI is InChI=1S/C13H28N2O2S2/c1-4-14-13(7-9-18-2)10-12-6-5-8-15(11-12)19(3,16)17/h12-14H,4-11H2,1-3H3. The van der Waals surface area contributed by atoms with Crippen LogP contribution in [0.5, 0.6) is 0 Å². The van der Waals surface area contributed by atoms with Crippen LogP contribution in [0.25, 0.3) is 0 Å². The molecule has 19 heavy (non-hydrogen) atoms. The van der Waals surface area contributed by atoms with Crippen molar-refractivity contribution in [1.82, 2.24) is 9.62 Å². The van der Waals surface area contributed by atoms with Crippen LogP contribution >= 0.6 is 11.8 Å². The van der Waals surface area contributed by atoms with E-state index in [2.05, 4.69) is 18.5 Å². The molecule has 1 N–H and O–H groups in total. The zero-order valence-electron chi connectivity index (χ0n) is 12.4. The fraction of sp³-hybridized carbons (Fsp3) is 1.00. The normalized spacial score (nSPS) is 23.4. The summed E-state index contributed by atoms with van der Waals surface area (Å²) in [6.07, 6.45) is 7.89. The predicted octanol–water partition coefficient (Wildman–Crippen LogP) is 1.78. The Morgan fingerprint density at radius 3 is 2.79 bits per heavy atom. The minimum Gasteiger partial charge on any atom is -0.314 e. The van der Waals surface area contributed by atoms with Crippen molar-refractivity contribution in [3.63, 3.8) is 0 Å². The zero-order valence-corrected chi connectivity index (χ0v) is 14.0. The molecule has 1 saturated heterocycles. The van der Waals surface area contributed by atoms with Gasteiger partial charge in [0.15, 0.2) is 0 Å². The molecule has 1 aliphatic heterocycles. The maximum absolute atomic E-state index is 11.6. The summed E-state index contributed by atoms with van der Waals surface area (Å²) in [5.74, 6) is 1.68. The summed E-state index contributed by atoms with van der Waals surface area (Å²) in [5, 5.41) is 3.54. The van der Waals surface area contributed by atoms with Crippen molar-refractivity contribution in [3.05, 3.63) is 0 Å². The van der Waals surface area contributed by atoms with Gasteiger partial charge in [0.25, 0.3) is 0 Å². The molecule has 6 heteroatoms. The number of hydrogen-bond donors (Lipinski definition) is 1. The highest BCUT2D eigenvalue weighted by Gasteiger charge is 2.27. The molecule has 1 rings (SSSR count). The molecule has 0 amide bonds. The minimum absolute atomic E-state index is 0.509. The van der Waals surface area contributed by atoms with Crippen molar-refractivity contribution in [1.29, 1.82) is 0 Å². The number of sulfonamides is 1. The molecular formula is C13H28N2O2S2. The fourth-order valence-corrected chi connectivity index (χ4v) is 4.24. The van der Waals surface area contributed by atoms with Crippen LogP contribution in [0, 0.1) is 5.92 Å². The van der Waals surface area contributed by atoms with Gasteiger partial charge in [-0.15, -0.1) is 0 Å². The Balaban J connectivity index is 2.49. The monoisotopic (exact) mass is 308 g/mol. The largest absolute Gasteiger partial charge is 0.314 e. The number of nitrogens with one attached hydrogen (secondary N) is 1. The number of piperidine rings is 1. The predicted molar refractivity (Wildman–Crippen MR) is 84.2 cm³/mol. The molecule has 114 valence electrons. The van der Waals surface area contributed by atoms with Crippen LogP contribution in [0.1, 0.15) is 32.6 Å². The first-order valence-corrected chi connectivity index (χ1v) is 10.4. The lowest BCUT2D eigenvalue weighted by atomic mass is 9.91. The third-order valence-corrected chi connectivity index (χ3v) is 5.65. The summed E-state index contributed by atoms with van der Waals surface area (Å²) in [6, 6.07) is 0.530. The van der Waals surface area contributed by atoms with Gasteiger partial charge in [-0.2, -0.15) is 11.8 Å². The summed E-state index contributed by atoms with van der Waals surface area (Å²) < 4.78 is 24.9. The van der Waals surface area contributed by atoms with E-state index in [1.807, 2.05) is 11.8 Å². The third-order valence-electron chi connectivity index (χ3n) is 3.73. The van der Waals surface area contributed by atoms with Gasteiger partial charge < -0.3 is 5.32 Å². The molecule has 0 aliphatic carbocycles. The maximum atomic E-state index is 11.6. The van der Waals surface area contributed by atoms with Crippen LogP contribution in [0.4, 0.5) is 0 Å². The molecule has 0 saturated carbocycles. The molecule has 0 bridgehead atoms. The van der Waals surface area contributed by atoms with Gasteiger partial charge in [0.1, 0.15) is 0 Å². The van der Waals surface area contributed by atoms with Crippen LogP contribution in [-0.4, -0.2) is 56.7 Å². The Hall–Kier alpha value is 0.220. The van der Waals surface area contributed by atoms with Crippen molar-refractivity contribution in [3.8, 4) is 0 Å². The summed E-state index contributed by atoms with van der Waals surface area (Å²) in [7, 11) is -3.02. The number of hydrogen-bond acceptors (Lipinski definition) is 4. The second-order valence-corrected chi connectivity index (χ2v) is 8.37. The van der Waals surface area contributed by atoms with Crippen molar-refractivity contribution < 1.29 is 8.42 Å². The van der Waals surface area contributed by atoms with Gasteiger partial charge in [0.05, 0.1) is 6.26 Å². The number of nitrogens with zero attached hydrogens (tertiary/aromatic N) is 1. The first-order valence-electron chi connectivity index (χ1n) is 7.14. The van der Waals surface area contributed by atoms with E-state index in [4.69, 9.17) is 0 Å². The molecule has 0 radical (unpaired) electrons. The molecule has 1 aliphatic rings. The lowest BCUT2D eigenvalue weighted by Crippen LogP contribution is -2.42. The lowest BCUT2D eigenvalue weighted by molar-refractivity contribution is 0.237. The molecule has 0 spiro atoms. The highest BCUT2D eigenvalue weighted by molar-refractivity contribution is 7.98. The maximum Gasteiger partial charge on any atom is 0.211 e. The second-order valence-electron chi connectivity index (χ2n) is 5.40. The molecule has 1 heterocycles. The third kappa shape index (κ3) is 6.47. The molecule has 0 aromatic carbocycles. The summed E-state index contributed by atoms with van der Waals surface area (Å²) in [4.78, 5) is 0. The van der Waals surface area contributed by atoms with E-state index in [-0.39, 0.29) is 0 Å². The van der Waals surface area contributed by atoms with Crippen molar-refractivity contribution >= 4 is 21.8 Å². The minimum atomic E-state index is -3.02.